The summed E-state index contributed by atoms with van der Waals surface area (Å²) in [5, 5.41) is 3.92. The van der Waals surface area contributed by atoms with Crippen molar-refractivity contribution < 1.29 is 4.74 Å². The predicted octanol–water partition coefficient (Wildman–Crippen LogP) is 4.24. The van der Waals surface area contributed by atoms with Gasteiger partial charge in [0, 0.05) is 22.4 Å². The van der Waals surface area contributed by atoms with Gasteiger partial charge in [0.05, 0.1) is 18.1 Å². The Morgan fingerprint density at radius 1 is 1.47 bits per heavy atom. The fourth-order valence-electron chi connectivity index (χ4n) is 1.33. The number of halogens is 1. The first-order valence-electron chi connectivity index (χ1n) is 5.08. The van der Waals surface area contributed by atoms with E-state index < -0.39 is 0 Å². The number of hydrogen-bond acceptors (Lipinski definition) is 4. The molecule has 0 fully saturated rings. The van der Waals surface area contributed by atoms with Crippen molar-refractivity contribution in [2.45, 2.75) is 17.3 Å². The molecule has 0 aliphatic carbocycles. The fourth-order valence-corrected chi connectivity index (χ4v) is 3.34. The molecule has 1 aromatic heterocycles. The Hall–Kier alpha value is -0.550. The summed E-state index contributed by atoms with van der Waals surface area (Å²) in [6, 6.07) is 7.87. The van der Waals surface area contributed by atoms with Gasteiger partial charge in [-0.25, -0.2) is 4.98 Å². The van der Waals surface area contributed by atoms with E-state index in [0.717, 1.165) is 21.5 Å². The van der Waals surface area contributed by atoms with Crippen LogP contribution in [0.15, 0.2) is 34.5 Å². The van der Waals surface area contributed by atoms with E-state index in [-0.39, 0.29) is 0 Å². The van der Waals surface area contributed by atoms with E-state index >= 15 is 0 Å². The van der Waals surface area contributed by atoms with Crippen LogP contribution in [0.2, 0.25) is 5.02 Å². The third-order valence-corrected chi connectivity index (χ3v) is 4.37. The number of thiazole rings is 1. The number of rotatable bonds is 5. The highest BCUT2D eigenvalue weighted by molar-refractivity contribution is 7.98. The van der Waals surface area contributed by atoms with Crippen LogP contribution in [-0.4, -0.2) is 12.1 Å². The Labute approximate surface area is 114 Å². The van der Waals surface area contributed by atoms with Crippen LogP contribution in [0.4, 0.5) is 0 Å². The molecule has 0 unspecified atom stereocenters. The molecule has 90 valence electrons. The molecule has 2 nitrogen and oxygen atoms in total. The Morgan fingerprint density at radius 3 is 3.12 bits per heavy atom. The highest BCUT2D eigenvalue weighted by atomic mass is 35.5. The minimum atomic E-state index is 0.582. The Balaban J connectivity index is 1.93. The van der Waals surface area contributed by atoms with Gasteiger partial charge in [0.25, 0.3) is 0 Å². The summed E-state index contributed by atoms with van der Waals surface area (Å²) in [6.07, 6.45) is 0. The molecular formula is C12H12ClNOS2. The lowest BCUT2D eigenvalue weighted by molar-refractivity contribution is 0.182. The lowest BCUT2D eigenvalue weighted by atomic mass is 10.4. The summed E-state index contributed by atoms with van der Waals surface area (Å²) in [7, 11) is 1.68. The molecule has 0 atom stereocenters. The van der Waals surface area contributed by atoms with Gasteiger partial charge in [-0.1, -0.05) is 17.7 Å². The SMILES string of the molecule is COCc1csc(CSc2cccc(Cl)c2)n1. The smallest absolute Gasteiger partial charge is 0.103 e. The molecule has 1 heterocycles. The topological polar surface area (TPSA) is 22.1 Å². The molecule has 2 aromatic rings. The Kier molecular flexibility index (Phi) is 4.86. The second kappa shape index (κ2) is 6.40. The third-order valence-electron chi connectivity index (χ3n) is 2.05. The van der Waals surface area contributed by atoms with Crippen molar-refractivity contribution >= 4 is 34.7 Å². The van der Waals surface area contributed by atoms with Crippen LogP contribution >= 0.6 is 34.7 Å². The zero-order valence-electron chi connectivity index (χ0n) is 9.35. The van der Waals surface area contributed by atoms with Crippen molar-refractivity contribution in [3.63, 3.8) is 0 Å². The van der Waals surface area contributed by atoms with Crippen LogP contribution in [0.3, 0.4) is 0 Å². The standard InChI is InChI=1S/C12H12ClNOS2/c1-15-6-10-7-17-12(14-10)8-16-11-4-2-3-9(13)5-11/h2-5,7H,6,8H2,1H3. The molecule has 0 saturated heterocycles. The van der Waals surface area contributed by atoms with Gasteiger partial charge < -0.3 is 4.74 Å². The van der Waals surface area contributed by atoms with Gasteiger partial charge in [-0.15, -0.1) is 23.1 Å². The number of hydrogen-bond donors (Lipinski definition) is 0. The number of ether oxygens (including phenoxy) is 1. The zero-order chi connectivity index (χ0) is 12.1. The number of nitrogens with zero attached hydrogens (tertiary/aromatic N) is 1. The highest BCUT2D eigenvalue weighted by Gasteiger charge is 2.03. The van der Waals surface area contributed by atoms with Gasteiger partial charge in [0.2, 0.25) is 0 Å². The van der Waals surface area contributed by atoms with Crippen molar-refractivity contribution in [2.24, 2.45) is 0 Å². The minimum absolute atomic E-state index is 0.582. The molecule has 0 aliphatic rings. The van der Waals surface area contributed by atoms with Crippen LogP contribution in [0, 0.1) is 0 Å². The van der Waals surface area contributed by atoms with Crippen LogP contribution in [0.5, 0.6) is 0 Å². The summed E-state index contributed by atoms with van der Waals surface area (Å²) in [6.45, 7) is 0.582. The lowest BCUT2D eigenvalue weighted by Gasteiger charge is -1.99. The highest BCUT2D eigenvalue weighted by Crippen LogP contribution is 2.26. The van der Waals surface area contributed by atoms with E-state index in [4.69, 9.17) is 16.3 Å². The first-order chi connectivity index (χ1) is 8.28. The summed E-state index contributed by atoms with van der Waals surface area (Å²) in [4.78, 5) is 5.64. The quantitative estimate of drug-likeness (QED) is 0.767. The molecule has 0 saturated carbocycles. The minimum Gasteiger partial charge on any atom is -0.378 e. The van der Waals surface area contributed by atoms with Gasteiger partial charge in [0.15, 0.2) is 0 Å². The van der Waals surface area contributed by atoms with Crippen molar-refractivity contribution in [3.8, 4) is 0 Å². The lowest BCUT2D eigenvalue weighted by Crippen LogP contribution is -1.88. The van der Waals surface area contributed by atoms with Crippen molar-refractivity contribution in [2.75, 3.05) is 7.11 Å². The molecule has 17 heavy (non-hydrogen) atoms. The van der Waals surface area contributed by atoms with E-state index in [9.17, 15) is 0 Å². The molecule has 1 aromatic carbocycles. The number of methoxy groups -OCH3 is 1. The van der Waals surface area contributed by atoms with Crippen LogP contribution < -0.4 is 0 Å². The molecule has 0 amide bonds. The summed E-state index contributed by atoms with van der Waals surface area (Å²) < 4.78 is 5.04. The zero-order valence-corrected chi connectivity index (χ0v) is 11.7. The fraction of sp³-hybridized carbons (Fsp3) is 0.250. The van der Waals surface area contributed by atoms with E-state index in [0.29, 0.717) is 6.61 Å². The second-order valence-corrected chi connectivity index (χ2v) is 5.84. The first-order valence-corrected chi connectivity index (χ1v) is 7.33. The molecule has 0 radical (unpaired) electrons. The average molecular weight is 286 g/mol. The maximum absolute atomic E-state index is 5.93. The maximum atomic E-state index is 5.93. The van der Waals surface area contributed by atoms with E-state index in [2.05, 4.69) is 11.1 Å². The summed E-state index contributed by atoms with van der Waals surface area (Å²) in [5.74, 6) is 0.870. The normalized spacial score (nSPS) is 10.7. The van der Waals surface area contributed by atoms with Crippen LogP contribution in [-0.2, 0) is 17.1 Å². The average Bonchev–Trinajstić information content (AvgIpc) is 2.75. The molecule has 0 aliphatic heterocycles. The molecule has 2 rings (SSSR count). The Bertz CT molecular complexity index is 487. The number of benzene rings is 1. The van der Waals surface area contributed by atoms with E-state index in [1.54, 1.807) is 30.2 Å². The van der Waals surface area contributed by atoms with Gasteiger partial charge in [-0.2, -0.15) is 0 Å². The largest absolute Gasteiger partial charge is 0.378 e. The van der Waals surface area contributed by atoms with Crippen molar-refractivity contribution in [1.82, 2.24) is 4.98 Å². The van der Waals surface area contributed by atoms with Gasteiger partial charge in [0.1, 0.15) is 5.01 Å². The first kappa shape index (κ1) is 12.9. The summed E-state index contributed by atoms with van der Waals surface area (Å²) in [5.41, 5.74) is 0.999. The maximum Gasteiger partial charge on any atom is 0.103 e. The van der Waals surface area contributed by atoms with Crippen molar-refractivity contribution in [1.29, 1.82) is 0 Å². The van der Waals surface area contributed by atoms with Gasteiger partial charge in [-0.3, -0.25) is 0 Å². The van der Waals surface area contributed by atoms with Gasteiger partial charge >= 0.3 is 0 Å². The Morgan fingerprint density at radius 2 is 2.35 bits per heavy atom. The van der Waals surface area contributed by atoms with Crippen LogP contribution in [0.1, 0.15) is 10.7 Å². The summed E-state index contributed by atoms with van der Waals surface area (Å²) >= 11 is 9.34. The predicted molar refractivity (Wildman–Crippen MR) is 73.8 cm³/mol. The van der Waals surface area contributed by atoms with Gasteiger partial charge in [-0.05, 0) is 18.2 Å². The molecule has 0 bridgehead atoms. The van der Waals surface area contributed by atoms with E-state index in [1.807, 2.05) is 23.6 Å². The second-order valence-electron chi connectivity index (χ2n) is 3.41. The molecule has 0 N–H and O–H groups in total. The van der Waals surface area contributed by atoms with Crippen molar-refractivity contribution in [3.05, 3.63) is 45.4 Å². The monoisotopic (exact) mass is 285 g/mol. The third kappa shape index (κ3) is 4.00. The molecule has 0 spiro atoms. The molecular weight excluding hydrogens is 274 g/mol. The molecule has 5 heteroatoms. The van der Waals surface area contributed by atoms with E-state index in [1.165, 1.54) is 4.90 Å². The van der Waals surface area contributed by atoms with Crippen LogP contribution in [0.25, 0.3) is 0 Å². The number of thioether (sulfide) groups is 1. The number of aromatic nitrogens is 1.